The maximum absolute atomic E-state index is 11.7. The summed E-state index contributed by atoms with van der Waals surface area (Å²) in [7, 11) is 0. The van der Waals surface area contributed by atoms with Crippen LogP contribution in [0.25, 0.3) is 0 Å². The number of carboxylic acid groups (broad SMARTS) is 1. The van der Waals surface area contributed by atoms with E-state index in [-0.39, 0.29) is 6.42 Å². The fourth-order valence-electron chi connectivity index (χ4n) is 1.96. The first-order valence-electron chi connectivity index (χ1n) is 6.03. The Bertz CT molecular complexity index is 626. The molecule has 0 spiro atoms. The average molecular weight is 270 g/mol. The first-order valence-corrected chi connectivity index (χ1v) is 6.03. The summed E-state index contributed by atoms with van der Waals surface area (Å²) in [6.07, 6.45) is -0.102. The van der Waals surface area contributed by atoms with Crippen LogP contribution >= 0.6 is 0 Å². The van der Waals surface area contributed by atoms with Gasteiger partial charge in [-0.1, -0.05) is 30.3 Å². The number of anilines is 2. The number of nitrogens with two attached hydrogens (primary N) is 1. The monoisotopic (exact) mass is 270 g/mol. The van der Waals surface area contributed by atoms with Crippen molar-refractivity contribution >= 4 is 23.4 Å². The normalized spacial score (nSPS) is 10.0. The molecule has 2 aromatic carbocycles. The molecular weight excluding hydrogens is 256 g/mol. The second-order valence-corrected chi connectivity index (χ2v) is 4.25. The summed E-state index contributed by atoms with van der Waals surface area (Å²) in [6.45, 7) is 0. The van der Waals surface area contributed by atoms with Gasteiger partial charge in [0.2, 0.25) is 0 Å². The molecule has 3 N–H and O–H groups in total. The van der Waals surface area contributed by atoms with Gasteiger partial charge in [0, 0.05) is 0 Å². The van der Waals surface area contributed by atoms with Crippen molar-refractivity contribution in [2.75, 3.05) is 4.90 Å². The van der Waals surface area contributed by atoms with Gasteiger partial charge in [-0.25, -0.2) is 4.79 Å². The van der Waals surface area contributed by atoms with Crippen molar-refractivity contribution in [3.8, 4) is 0 Å². The Labute approximate surface area is 116 Å². The highest BCUT2D eigenvalue weighted by Gasteiger charge is 2.15. The number of hydrogen-bond acceptors (Lipinski definition) is 2. The Balaban J connectivity index is 2.40. The van der Waals surface area contributed by atoms with Crippen LogP contribution in [0.15, 0.2) is 54.6 Å². The molecule has 2 rings (SSSR count). The third-order valence-corrected chi connectivity index (χ3v) is 2.76. The third-order valence-electron chi connectivity index (χ3n) is 2.76. The highest BCUT2D eigenvalue weighted by Crippen LogP contribution is 2.25. The van der Waals surface area contributed by atoms with Gasteiger partial charge >= 0.3 is 12.0 Å². The van der Waals surface area contributed by atoms with E-state index in [0.29, 0.717) is 16.9 Å². The second kappa shape index (κ2) is 5.88. The van der Waals surface area contributed by atoms with Crippen molar-refractivity contribution in [2.24, 2.45) is 5.73 Å². The molecule has 0 saturated heterocycles. The third kappa shape index (κ3) is 3.14. The number of hydrogen-bond donors (Lipinski definition) is 2. The van der Waals surface area contributed by atoms with Crippen LogP contribution < -0.4 is 10.6 Å². The van der Waals surface area contributed by atoms with Gasteiger partial charge in [0.25, 0.3) is 0 Å². The van der Waals surface area contributed by atoms with E-state index in [9.17, 15) is 9.59 Å². The van der Waals surface area contributed by atoms with E-state index >= 15 is 0 Å². The predicted octanol–water partition coefficient (Wildman–Crippen LogP) is 2.53. The van der Waals surface area contributed by atoms with Crippen LogP contribution in [0.3, 0.4) is 0 Å². The molecule has 5 heteroatoms. The largest absolute Gasteiger partial charge is 0.481 e. The quantitative estimate of drug-likeness (QED) is 0.895. The summed E-state index contributed by atoms with van der Waals surface area (Å²) in [5, 5.41) is 8.82. The predicted molar refractivity (Wildman–Crippen MR) is 75.9 cm³/mol. The zero-order valence-electron chi connectivity index (χ0n) is 10.7. The molecule has 0 atom stereocenters. The molecule has 0 radical (unpaired) electrons. The van der Waals surface area contributed by atoms with Gasteiger partial charge in [0.1, 0.15) is 0 Å². The highest BCUT2D eigenvalue weighted by atomic mass is 16.4. The highest BCUT2D eigenvalue weighted by molar-refractivity contribution is 5.98. The number of carbonyl (C=O) groups is 2. The summed E-state index contributed by atoms with van der Waals surface area (Å²) in [5.74, 6) is -0.924. The van der Waals surface area contributed by atoms with E-state index in [1.54, 1.807) is 48.5 Å². The topological polar surface area (TPSA) is 83.6 Å². The molecule has 0 aliphatic heterocycles. The number of para-hydroxylation sites is 1. The number of aliphatic carboxylic acids is 1. The number of primary amides is 1. The number of nitrogens with zero attached hydrogens (tertiary/aromatic N) is 1. The molecule has 20 heavy (non-hydrogen) atoms. The zero-order valence-corrected chi connectivity index (χ0v) is 10.7. The van der Waals surface area contributed by atoms with Crippen molar-refractivity contribution in [1.29, 1.82) is 0 Å². The molecule has 102 valence electrons. The van der Waals surface area contributed by atoms with Gasteiger partial charge < -0.3 is 10.8 Å². The van der Waals surface area contributed by atoms with Crippen LogP contribution in [-0.2, 0) is 11.2 Å². The smallest absolute Gasteiger partial charge is 0.323 e. The van der Waals surface area contributed by atoms with Crippen molar-refractivity contribution in [1.82, 2.24) is 0 Å². The van der Waals surface area contributed by atoms with Gasteiger partial charge in [0.15, 0.2) is 0 Å². The fourth-order valence-corrected chi connectivity index (χ4v) is 1.96. The number of rotatable bonds is 4. The molecule has 2 amide bonds. The van der Waals surface area contributed by atoms with E-state index in [4.69, 9.17) is 10.8 Å². The molecule has 0 aliphatic rings. The van der Waals surface area contributed by atoms with Gasteiger partial charge in [-0.2, -0.15) is 0 Å². The summed E-state index contributed by atoms with van der Waals surface area (Å²) < 4.78 is 0. The number of benzene rings is 2. The molecule has 0 bridgehead atoms. The van der Waals surface area contributed by atoms with Crippen LogP contribution in [-0.4, -0.2) is 17.1 Å². The molecule has 0 heterocycles. The van der Waals surface area contributed by atoms with Crippen LogP contribution in [0.4, 0.5) is 16.2 Å². The lowest BCUT2D eigenvalue weighted by atomic mass is 10.1. The lowest BCUT2D eigenvalue weighted by molar-refractivity contribution is -0.136. The van der Waals surface area contributed by atoms with Crippen molar-refractivity contribution < 1.29 is 14.7 Å². The number of carboxylic acids is 1. The zero-order chi connectivity index (χ0) is 14.5. The molecular formula is C15H14N2O3. The summed E-state index contributed by atoms with van der Waals surface area (Å²) >= 11 is 0. The van der Waals surface area contributed by atoms with Gasteiger partial charge in [0.05, 0.1) is 17.8 Å². The summed E-state index contributed by atoms with van der Waals surface area (Å²) in [5.41, 5.74) is 7.21. The Morgan fingerprint density at radius 2 is 1.65 bits per heavy atom. The minimum absolute atomic E-state index is 0.102. The van der Waals surface area contributed by atoms with E-state index in [2.05, 4.69) is 0 Å². The Hall–Kier alpha value is -2.82. The molecule has 0 saturated carbocycles. The maximum Gasteiger partial charge on any atom is 0.323 e. The summed E-state index contributed by atoms with van der Waals surface area (Å²) in [4.78, 5) is 23.8. The van der Waals surface area contributed by atoms with E-state index in [1.807, 2.05) is 6.07 Å². The van der Waals surface area contributed by atoms with Crippen molar-refractivity contribution in [2.45, 2.75) is 6.42 Å². The molecule has 0 fully saturated rings. The average Bonchev–Trinajstić information content (AvgIpc) is 2.39. The van der Waals surface area contributed by atoms with Crippen molar-refractivity contribution in [3.05, 3.63) is 60.2 Å². The van der Waals surface area contributed by atoms with E-state index in [0.717, 1.165) is 0 Å². The molecule has 0 unspecified atom stereocenters. The standard InChI is InChI=1S/C15H14N2O3/c16-15(20)17(12-6-2-1-3-7-12)13-8-4-5-11(9-13)10-14(18)19/h1-9H,10H2,(H2,16,20)(H,18,19). The number of amides is 2. The van der Waals surface area contributed by atoms with Crippen LogP contribution in [0.5, 0.6) is 0 Å². The van der Waals surface area contributed by atoms with Gasteiger partial charge in [-0.3, -0.25) is 9.69 Å². The lowest BCUT2D eigenvalue weighted by Crippen LogP contribution is -2.31. The fraction of sp³-hybridized carbons (Fsp3) is 0.0667. The van der Waals surface area contributed by atoms with Crippen LogP contribution in [0.1, 0.15) is 5.56 Å². The molecule has 0 aliphatic carbocycles. The summed E-state index contributed by atoms with van der Waals surface area (Å²) in [6, 6.07) is 15.1. The minimum atomic E-state index is -0.924. The Morgan fingerprint density at radius 1 is 1.00 bits per heavy atom. The maximum atomic E-state index is 11.7. The Morgan fingerprint density at radius 3 is 2.25 bits per heavy atom. The van der Waals surface area contributed by atoms with E-state index < -0.39 is 12.0 Å². The van der Waals surface area contributed by atoms with Crippen LogP contribution in [0, 0.1) is 0 Å². The Kier molecular flexibility index (Phi) is 4.00. The first-order chi connectivity index (χ1) is 9.58. The molecule has 0 aromatic heterocycles. The van der Waals surface area contributed by atoms with Gasteiger partial charge in [-0.05, 0) is 29.8 Å². The SMILES string of the molecule is NC(=O)N(c1ccccc1)c1cccc(CC(=O)O)c1. The second-order valence-electron chi connectivity index (χ2n) is 4.25. The van der Waals surface area contributed by atoms with E-state index in [1.165, 1.54) is 4.90 Å². The molecule has 5 nitrogen and oxygen atoms in total. The number of urea groups is 1. The first kappa shape index (κ1) is 13.6. The van der Waals surface area contributed by atoms with Gasteiger partial charge in [-0.15, -0.1) is 0 Å². The molecule has 2 aromatic rings. The number of carbonyl (C=O) groups excluding carboxylic acids is 1. The van der Waals surface area contributed by atoms with Crippen molar-refractivity contribution in [3.63, 3.8) is 0 Å². The minimum Gasteiger partial charge on any atom is -0.481 e. The lowest BCUT2D eigenvalue weighted by Gasteiger charge is -2.21. The van der Waals surface area contributed by atoms with Crippen LogP contribution in [0.2, 0.25) is 0 Å².